The van der Waals surface area contributed by atoms with E-state index in [2.05, 4.69) is 5.32 Å². The van der Waals surface area contributed by atoms with E-state index in [4.69, 9.17) is 9.47 Å². The van der Waals surface area contributed by atoms with Crippen LogP contribution in [-0.4, -0.2) is 58.5 Å². The van der Waals surface area contributed by atoms with Gasteiger partial charge in [-0.15, -0.1) is 0 Å². The lowest BCUT2D eigenvalue weighted by atomic mass is 10.1. The summed E-state index contributed by atoms with van der Waals surface area (Å²) in [4.78, 5) is 28.9. The minimum Gasteiger partial charge on any atom is -0.497 e. The number of benzene rings is 3. The number of sulfonamides is 1. The Morgan fingerprint density at radius 2 is 1.54 bits per heavy atom. The summed E-state index contributed by atoms with van der Waals surface area (Å²) in [6.07, 6.45) is 2.07. The van der Waals surface area contributed by atoms with Crippen molar-refractivity contribution in [3.63, 3.8) is 0 Å². The van der Waals surface area contributed by atoms with Crippen LogP contribution in [0.3, 0.4) is 0 Å². The summed E-state index contributed by atoms with van der Waals surface area (Å²) in [7, 11) is -1.17. The number of hydrogen-bond donors (Lipinski definition) is 1. The van der Waals surface area contributed by atoms with E-state index in [9.17, 15) is 18.0 Å². The molecule has 3 rings (SSSR count). The molecule has 41 heavy (non-hydrogen) atoms. The first-order valence-electron chi connectivity index (χ1n) is 13.7. The zero-order valence-electron chi connectivity index (χ0n) is 24.1. The number of nitrogens with zero attached hydrogens (tertiary/aromatic N) is 2. The minimum absolute atomic E-state index is 0.0322. The lowest BCUT2D eigenvalue weighted by molar-refractivity contribution is -0.140. The minimum atomic E-state index is -4.18. The predicted molar refractivity (Wildman–Crippen MR) is 160 cm³/mol. The molecule has 220 valence electrons. The van der Waals surface area contributed by atoms with Crippen LogP contribution in [0.5, 0.6) is 11.5 Å². The summed E-state index contributed by atoms with van der Waals surface area (Å²) >= 11 is 0. The van der Waals surface area contributed by atoms with Crippen molar-refractivity contribution in [2.45, 2.75) is 50.6 Å². The summed E-state index contributed by atoms with van der Waals surface area (Å²) in [5.74, 6) is 0.152. The van der Waals surface area contributed by atoms with Crippen molar-refractivity contribution < 1.29 is 27.5 Å². The van der Waals surface area contributed by atoms with Crippen LogP contribution in [0, 0.1) is 0 Å². The molecule has 2 amide bonds. The molecular weight excluding hydrogens is 542 g/mol. The van der Waals surface area contributed by atoms with Crippen LogP contribution < -0.4 is 19.1 Å². The Morgan fingerprint density at radius 3 is 2.15 bits per heavy atom. The second-order valence-electron chi connectivity index (χ2n) is 9.43. The molecule has 0 fully saturated rings. The van der Waals surface area contributed by atoms with Crippen LogP contribution in [-0.2, 0) is 26.2 Å². The molecule has 3 aromatic carbocycles. The second-order valence-corrected chi connectivity index (χ2v) is 11.3. The molecule has 0 aliphatic rings. The highest BCUT2D eigenvalue weighted by molar-refractivity contribution is 7.92. The molecule has 9 nitrogen and oxygen atoms in total. The van der Waals surface area contributed by atoms with Gasteiger partial charge in [-0.1, -0.05) is 62.7 Å². The van der Waals surface area contributed by atoms with Crippen LogP contribution in [0.25, 0.3) is 0 Å². The molecule has 1 atom stereocenters. The zero-order chi connectivity index (χ0) is 29.8. The summed E-state index contributed by atoms with van der Waals surface area (Å²) in [5, 5.41) is 2.93. The van der Waals surface area contributed by atoms with Gasteiger partial charge in [0.15, 0.2) is 0 Å². The average Bonchev–Trinajstić information content (AvgIpc) is 3.00. The zero-order valence-corrected chi connectivity index (χ0v) is 24.9. The molecule has 0 saturated heterocycles. The van der Waals surface area contributed by atoms with Crippen molar-refractivity contribution in [1.82, 2.24) is 10.2 Å². The number of carbonyl (C=O) groups excluding carboxylic acids is 2. The Bertz CT molecular complexity index is 1380. The number of para-hydroxylation sites is 2. The molecule has 1 N–H and O–H groups in total. The SMILES string of the molecule is CCCCNC(=O)[C@H](CC)N(Cc1ccc(OC)cc1)C(=O)CN(c1ccccc1OC)S(=O)(=O)c1ccccc1. The number of nitrogens with one attached hydrogen (secondary N) is 1. The van der Waals surface area contributed by atoms with Gasteiger partial charge in [0, 0.05) is 13.1 Å². The van der Waals surface area contributed by atoms with E-state index in [0.717, 1.165) is 22.7 Å². The number of rotatable bonds is 15. The average molecular weight is 582 g/mol. The third kappa shape index (κ3) is 8.00. The number of methoxy groups -OCH3 is 2. The fraction of sp³-hybridized carbons (Fsp3) is 0.355. The van der Waals surface area contributed by atoms with Crippen LogP contribution in [0.15, 0.2) is 83.8 Å². The summed E-state index contributed by atoms with van der Waals surface area (Å²) < 4.78 is 39.7. The van der Waals surface area contributed by atoms with Gasteiger partial charge in [0.25, 0.3) is 10.0 Å². The maximum absolute atomic E-state index is 14.1. The quantitative estimate of drug-likeness (QED) is 0.263. The standard InChI is InChI=1S/C31H39N3O6S/c1-5-7-21-32-31(36)27(6-2)33(22-24-17-19-25(39-3)20-18-24)30(35)23-34(28-15-11-12-16-29(28)40-4)41(37,38)26-13-9-8-10-14-26/h8-20,27H,5-7,21-23H2,1-4H3,(H,32,36)/t27-/m0/s1. The Balaban J connectivity index is 2.05. The molecule has 0 bridgehead atoms. The molecule has 3 aromatic rings. The van der Waals surface area contributed by atoms with Gasteiger partial charge >= 0.3 is 0 Å². The van der Waals surface area contributed by atoms with Gasteiger partial charge in [-0.05, 0) is 54.8 Å². The van der Waals surface area contributed by atoms with Crippen LogP contribution in [0.4, 0.5) is 5.69 Å². The van der Waals surface area contributed by atoms with Crippen LogP contribution in [0.1, 0.15) is 38.7 Å². The van der Waals surface area contributed by atoms with Crippen molar-refractivity contribution >= 4 is 27.5 Å². The smallest absolute Gasteiger partial charge is 0.264 e. The molecular formula is C31H39N3O6S. The van der Waals surface area contributed by atoms with Crippen molar-refractivity contribution in [2.24, 2.45) is 0 Å². The van der Waals surface area contributed by atoms with E-state index in [1.807, 2.05) is 26.0 Å². The Labute approximate surface area is 243 Å². The number of anilines is 1. The highest BCUT2D eigenvalue weighted by Crippen LogP contribution is 2.32. The van der Waals surface area contributed by atoms with Gasteiger partial charge in [-0.25, -0.2) is 8.42 Å². The number of unbranched alkanes of at least 4 members (excludes halogenated alkanes) is 1. The van der Waals surface area contributed by atoms with E-state index in [1.54, 1.807) is 61.7 Å². The Morgan fingerprint density at radius 1 is 0.878 bits per heavy atom. The Hall–Kier alpha value is -4.05. The summed E-state index contributed by atoms with van der Waals surface area (Å²) in [6.45, 7) is 3.92. The van der Waals surface area contributed by atoms with Crippen molar-refractivity contribution in [2.75, 3.05) is 31.6 Å². The maximum Gasteiger partial charge on any atom is 0.264 e. The predicted octanol–water partition coefficient (Wildman–Crippen LogP) is 4.62. The first kappa shape index (κ1) is 31.5. The normalized spacial score (nSPS) is 11.8. The molecule has 10 heteroatoms. The Kier molecular flexibility index (Phi) is 11.6. The van der Waals surface area contributed by atoms with E-state index in [0.29, 0.717) is 24.5 Å². The van der Waals surface area contributed by atoms with Gasteiger partial charge in [0.2, 0.25) is 11.8 Å². The number of hydrogen-bond acceptors (Lipinski definition) is 6. The summed E-state index contributed by atoms with van der Waals surface area (Å²) in [5.41, 5.74) is 0.991. The topological polar surface area (TPSA) is 105 Å². The first-order chi connectivity index (χ1) is 19.8. The highest BCUT2D eigenvalue weighted by Gasteiger charge is 2.34. The lowest BCUT2D eigenvalue weighted by Crippen LogP contribution is -2.52. The molecule has 0 heterocycles. The molecule has 0 spiro atoms. The van der Waals surface area contributed by atoms with E-state index in [-0.39, 0.29) is 23.0 Å². The molecule has 0 saturated carbocycles. The largest absolute Gasteiger partial charge is 0.497 e. The van der Waals surface area contributed by atoms with Gasteiger partial charge in [0.05, 0.1) is 24.8 Å². The number of carbonyl (C=O) groups is 2. The molecule has 0 unspecified atom stereocenters. The van der Waals surface area contributed by atoms with Crippen LogP contribution in [0.2, 0.25) is 0 Å². The van der Waals surface area contributed by atoms with Crippen molar-refractivity contribution in [1.29, 1.82) is 0 Å². The van der Waals surface area contributed by atoms with Crippen LogP contribution >= 0.6 is 0 Å². The first-order valence-corrected chi connectivity index (χ1v) is 15.1. The molecule has 0 radical (unpaired) electrons. The van der Waals surface area contributed by atoms with E-state index >= 15 is 0 Å². The highest BCUT2D eigenvalue weighted by atomic mass is 32.2. The second kappa shape index (κ2) is 15.1. The molecule has 0 aliphatic heterocycles. The van der Waals surface area contributed by atoms with E-state index in [1.165, 1.54) is 24.1 Å². The van der Waals surface area contributed by atoms with Gasteiger partial charge in [-0.2, -0.15) is 0 Å². The van der Waals surface area contributed by atoms with Gasteiger partial charge < -0.3 is 19.7 Å². The number of amides is 2. The van der Waals surface area contributed by atoms with Gasteiger partial charge in [0.1, 0.15) is 24.1 Å². The fourth-order valence-electron chi connectivity index (χ4n) is 4.42. The number of ether oxygens (including phenoxy) is 2. The van der Waals surface area contributed by atoms with Crippen molar-refractivity contribution in [3.05, 3.63) is 84.4 Å². The summed E-state index contributed by atoms with van der Waals surface area (Å²) in [6, 6.07) is 21.0. The van der Waals surface area contributed by atoms with Crippen molar-refractivity contribution in [3.8, 4) is 11.5 Å². The third-order valence-corrected chi connectivity index (χ3v) is 8.47. The molecule has 0 aliphatic carbocycles. The monoisotopic (exact) mass is 581 g/mol. The lowest BCUT2D eigenvalue weighted by Gasteiger charge is -2.33. The van der Waals surface area contributed by atoms with E-state index < -0.39 is 28.5 Å². The molecule has 0 aromatic heterocycles. The maximum atomic E-state index is 14.1. The third-order valence-electron chi connectivity index (χ3n) is 6.69. The fourth-order valence-corrected chi connectivity index (χ4v) is 5.87. The van der Waals surface area contributed by atoms with Gasteiger partial charge in [-0.3, -0.25) is 13.9 Å².